The topological polar surface area (TPSA) is 94.2 Å². The fourth-order valence-corrected chi connectivity index (χ4v) is 3.43. The van der Waals surface area contributed by atoms with E-state index >= 15 is 0 Å². The van der Waals surface area contributed by atoms with Gasteiger partial charge in [0.2, 0.25) is 17.6 Å². The zero-order valence-electron chi connectivity index (χ0n) is 15.9. The highest BCUT2D eigenvalue weighted by molar-refractivity contribution is 5.76. The molecular weight excluding hydrogens is 377 g/mol. The van der Waals surface area contributed by atoms with E-state index < -0.39 is 0 Å². The van der Waals surface area contributed by atoms with Crippen LogP contribution < -0.4 is 4.74 Å². The monoisotopic (exact) mass is 397 g/mol. The molecule has 29 heavy (non-hydrogen) atoms. The number of amides is 1. The van der Waals surface area contributed by atoms with Gasteiger partial charge in [-0.3, -0.25) is 4.79 Å². The molecule has 9 heteroatoms. The molecule has 1 fully saturated rings. The van der Waals surface area contributed by atoms with E-state index in [2.05, 4.69) is 20.1 Å². The lowest BCUT2D eigenvalue weighted by Gasteiger charge is -2.17. The van der Waals surface area contributed by atoms with Gasteiger partial charge in [0.1, 0.15) is 17.9 Å². The lowest BCUT2D eigenvalue weighted by atomic mass is 10.00. The molecule has 0 unspecified atom stereocenters. The van der Waals surface area contributed by atoms with Crippen molar-refractivity contribution >= 4 is 5.91 Å². The number of aromatic nitrogens is 4. The zero-order chi connectivity index (χ0) is 20.2. The number of likely N-dealkylation sites (tertiary alicyclic amines) is 1. The van der Waals surface area contributed by atoms with E-state index in [0.29, 0.717) is 30.6 Å². The van der Waals surface area contributed by atoms with Crippen LogP contribution >= 0.6 is 0 Å². The summed E-state index contributed by atoms with van der Waals surface area (Å²) in [5, 5.41) is 3.96. The molecule has 4 rings (SSSR count). The average Bonchev–Trinajstić information content (AvgIpc) is 3.37. The Morgan fingerprint density at radius 3 is 3.10 bits per heavy atom. The Morgan fingerprint density at radius 1 is 1.41 bits per heavy atom. The summed E-state index contributed by atoms with van der Waals surface area (Å²) < 4.78 is 23.7. The van der Waals surface area contributed by atoms with Gasteiger partial charge in [-0.05, 0) is 18.6 Å². The third-order valence-electron chi connectivity index (χ3n) is 4.82. The molecule has 0 aliphatic carbocycles. The predicted octanol–water partition coefficient (Wildman–Crippen LogP) is 2.76. The molecule has 0 N–H and O–H groups in total. The van der Waals surface area contributed by atoms with Crippen LogP contribution in [0, 0.1) is 12.7 Å². The lowest BCUT2D eigenvalue weighted by molar-refractivity contribution is -0.130. The molecule has 1 amide bonds. The molecule has 150 valence electrons. The maximum Gasteiger partial charge on any atom is 0.226 e. The minimum Gasteiger partial charge on any atom is -0.493 e. The molecule has 0 bridgehead atoms. The number of nitrogens with zero attached hydrogens (tertiary/aromatic N) is 5. The highest BCUT2D eigenvalue weighted by Gasteiger charge is 2.30. The minimum absolute atomic E-state index is 0.00471. The molecule has 3 aromatic rings. The average molecular weight is 397 g/mol. The fourth-order valence-electron chi connectivity index (χ4n) is 3.43. The summed E-state index contributed by atoms with van der Waals surface area (Å²) in [7, 11) is 0. The van der Waals surface area contributed by atoms with Gasteiger partial charge in [0.25, 0.3) is 0 Å². The smallest absolute Gasteiger partial charge is 0.226 e. The molecule has 1 atom stereocenters. The number of hydrogen-bond acceptors (Lipinski definition) is 7. The first-order valence-corrected chi connectivity index (χ1v) is 9.37. The lowest BCUT2D eigenvalue weighted by Crippen LogP contribution is -2.29. The van der Waals surface area contributed by atoms with Crippen molar-refractivity contribution in [3.63, 3.8) is 0 Å². The number of aryl methyl sites for hydroxylation is 1. The normalized spacial score (nSPS) is 16.2. The van der Waals surface area contributed by atoms with E-state index in [4.69, 9.17) is 9.26 Å². The van der Waals surface area contributed by atoms with Crippen LogP contribution in [0.4, 0.5) is 4.39 Å². The van der Waals surface area contributed by atoms with Crippen LogP contribution in [0.2, 0.25) is 0 Å². The van der Waals surface area contributed by atoms with Gasteiger partial charge in [0.15, 0.2) is 0 Å². The number of benzene rings is 1. The first kappa shape index (κ1) is 19.0. The third kappa shape index (κ3) is 4.39. The standard InChI is InChI=1S/C20H20FN5O3/c1-13-24-20(25-29-13)17-10-22-12-23-19(17)14-5-7-26(11-14)18(27)6-8-28-16-4-2-3-15(21)9-16/h2-4,9-10,12,14H,5-8,11H2,1H3/t14-/m1/s1. The first-order chi connectivity index (χ1) is 14.1. The van der Waals surface area contributed by atoms with E-state index in [-0.39, 0.29) is 30.7 Å². The van der Waals surface area contributed by atoms with Crippen LogP contribution in [0.5, 0.6) is 5.75 Å². The second kappa shape index (κ2) is 8.34. The van der Waals surface area contributed by atoms with Crippen LogP contribution in [0.25, 0.3) is 11.4 Å². The van der Waals surface area contributed by atoms with Crippen molar-refractivity contribution in [2.24, 2.45) is 0 Å². The molecule has 2 aromatic heterocycles. The quantitative estimate of drug-likeness (QED) is 0.631. The van der Waals surface area contributed by atoms with Gasteiger partial charge in [-0.25, -0.2) is 14.4 Å². The number of hydrogen-bond donors (Lipinski definition) is 0. The summed E-state index contributed by atoms with van der Waals surface area (Å²) in [4.78, 5) is 27.1. The Morgan fingerprint density at radius 2 is 2.31 bits per heavy atom. The number of rotatable bonds is 6. The summed E-state index contributed by atoms with van der Waals surface area (Å²) in [6.45, 7) is 3.12. The Bertz CT molecular complexity index is 1010. The van der Waals surface area contributed by atoms with Gasteiger partial charge in [-0.2, -0.15) is 4.98 Å². The van der Waals surface area contributed by atoms with Gasteiger partial charge in [-0.1, -0.05) is 11.2 Å². The maximum atomic E-state index is 13.2. The van der Waals surface area contributed by atoms with Crippen molar-refractivity contribution in [3.8, 4) is 17.1 Å². The highest BCUT2D eigenvalue weighted by Crippen LogP contribution is 2.32. The molecule has 1 aromatic carbocycles. The minimum atomic E-state index is -0.367. The third-order valence-corrected chi connectivity index (χ3v) is 4.82. The molecule has 3 heterocycles. The van der Waals surface area contributed by atoms with Gasteiger partial charge in [0.05, 0.1) is 24.3 Å². The molecule has 0 radical (unpaired) electrons. The van der Waals surface area contributed by atoms with Crippen molar-refractivity contribution in [1.82, 2.24) is 25.0 Å². The Balaban J connectivity index is 1.36. The van der Waals surface area contributed by atoms with Crippen LogP contribution in [0.1, 0.15) is 30.3 Å². The second-order valence-corrected chi connectivity index (χ2v) is 6.84. The molecule has 0 saturated carbocycles. The summed E-state index contributed by atoms with van der Waals surface area (Å²) >= 11 is 0. The Hall–Kier alpha value is -3.36. The molecule has 8 nitrogen and oxygen atoms in total. The molecule has 1 saturated heterocycles. The van der Waals surface area contributed by atoms with E-state index in [9.17, 15) is 9.18 Å². The maximum absolute atomic E-state index is 13.2. The predicted molar refractivity (Wildman–Crippen MR) is 101 cm³/mol. The number of carbonyl (C=O) groups is 1. The van der Waals surface area contributed by atoms with Crippen molar-refractivity contribution in [3.05, 3.63) is 54.2 Å². The van der Waals surface area contributed by atoms with Crippen molar-refractivity contribution < 1.29 is 18.4 Å². The van der Waals surface area contributed by atoms with Gasteiger partial charge < -0.3 is 14.2 Å². The number of ether oxygens (including phenoxy) is 1. The van der Waals surface area contributed by atoms with E-state index in [1.165, 1.54) is 18.5 Å². The molecule has 1 aliphatic heterocycles. The van der Waals surface area contributed by atoms with Crippen LogP contribution in [0.3, 0.4) is 0 Å². The van der Waals surface area contributed by atoms with E-state index in [1.807, 2.05) is 0 Å². The van der Waals surface area contributed by atoms with Crippen LogP contribution in [-0.4, -0.2) is 50.6 Å². The second-order valence-electron chi connectivity index (χ2n) is 6.84. The molecule has 1 aliphatic rings. The Kier molecular flexibility index (Phi) is 5.46. The molecular formula is C20H20FN5O3. The largest absolute Gasteiger partial charge is 0.493 e. The van der Waals surface area contributed by atoms with Crippen LogP contribution in [0.15, 0.2) is 41.3 Å². The van der Waals surface area contributed by atoms with Crippen molar-refractivity contribution in [2.75, 3.05) is 19.7 Å². The number of carbonyl (C=O) groups excluding carboxylic acids is 1. The van der Waals surface area contributed by atoms with Crippen molar-refractivity contribution in [2.45, 2.75) is 25.7 Å². The van der Waals surface area contributed by atoms with E-state index in [1.54, 1.807) is 30.2 Å². The highest BCUT2D eigenvalue weighted by atomic mass is 19.1. The summed E-state index contributed by atoms with van der Waals surface area (Å²) in [6.07, 6.45) is 4.17. The van der Waals surface area contributed by atoms with Gasteiger partial charge in [-0.15, -0.1) is 0 Å². The number of halogens is 1. The van der Waals surface area contributed by atoms with Gasteiger partial charge in [0, 0.05) is 38.2 Å². The summed E-state index contributed by atoms with van der Waals surface area (Å²) in [6, 6.07) is 5.88. The zero-order valence-corrected chi connectivity index (χ0v) is 15.9. The van der Waals surface area contributed by atoms with Gasteiger partial charge >= 0.3 is 0 Å². The van der Waals surface area contributed by atoms with E-state index in [0.717, 1.165) is 17.7 Å². The van der Waals surface area contributed by atoms with Crippen molar-refractivity contribution in [1.29, 1.82) is 0 Å². The fraction of sp³-hybridized carbons (Fsp3) is 0.350. The first-order valence-electron chi connectivity index (χ1n) is 9.37. The molecule has 0 spiro atoms. The Labute approximate surface area is 166 Å². The SMILES string of the molecule is Cc1nc(-c2cncnc2[C@@H]2CCN(C(=O)CCOc3cccc(F)c3)C2)no1. The summed E-state index contributed by atoms with van der Waals surface area (Å²) in [5.41, 5.74) is 1.53. The summed E-state index contributed by atoms with van der Waals surface area (Å²) in [5.74, 6) is 1.03. The van der Waals surface area contributed by atoms with Crippen LogP contribution in [-0.2, 0) is 4.79 Å².